The molecule has 0 aliphatic heterocycles. The molecule has 0 amide bonds. The first-order chi connectivity index (χ1) is 26.5. The first-order valence-electron chi connectivity index (χ1n) is 18.6. The van der Waals surface area contributed by atoms with Crippen LogP contribution in [0.1, 0.15) is 22.3 Å². The third-order valence-electron chi connectivity index (χ3n) is 11.2. The highest BCUT2D eigenvalue weighted by Crippen LogP contribution is 2.42. The van der Waals surface area contributed by atoms with Gasteiger partial charge in [-0.1, -0.05) is 115 Å². The molecule has 0 radical (unpaired) electrons. The molecule has 9 rings (SSSR count). The van der Waals surface area contributed by atoms with Crippen LogP contribution in [0.2, 0.25) is 0 Å². The minimum atomic E-state index is 1.10. The van der Waals surface area contributed by atoms with Gasteiger partial charge in [0.15, 0.2) is 0 Å². The van der Waals surface area contributed by atoms with Gasteiger partial charge in [0.25, 0.3) is 0 Å². The Kier molecular flexibility index (Phi) is 8.40. The van der Waals surface area contributed by atoms with E-state index in [4.69, 9.17) is 0 Å². The van der Waals surface area contributed by atoms with Crippen molar-refractivity contribution in [1.29, 1.82) is 0 Å². The highest BCUT2D eigenvalue weighted by atomic mass is 15.1. The number of nitrogens with zero attached hydrogens (tertiary/aromatic N) is 3. The monoisotopic (exact) mass is 695 g/mol. The highest BCUT2D eigenvalue weighted by Gasteiger charge is 2.22. The van der Waals surface area contributed by atoms with Crippen molar-refractivity contribution in [2.45, 2.75) is 27.7 Å². The summed E-state index contributed by atoms with van der Waals surface area (Å²) in [5, 5.41) is 2.46. The van der Waals surface area contributed by atoms with Crippen LogP contribution < -0.4 is 4.90 Å². The maximum absolute atomic E-state index is 4.57. The topological polar surface area (TPSA) is 21.1 Å². The normalized spacial score (nSPS) is 11.3. The second kappa shape index (κ2) is 13.7. The van der Waals surface area contributed by atoms with E-state index in [1.165, 1.54) is 77.6 Å². The summed E-state index contributed by atoms with van der Waals surface area (Å²) < 4.78 is 2.42. The number of rotatable bonds is 7. The molecule has 3 nitrogen and oxygen atoms in total. The summed E-state index contributed by atoms with van der Waals surface area (Å²) in [7, 11) is 0. The zero-order valence-electron chi connectivity index (χ0n) is 31.1. The quantitative estimate of drug-likeness (QED) is 0.165. The van der Waals surface area contributed by atoms with Gasteiger partial charge in [0, 0.05) is 34.0 Å². The third kappa shape index (κ3) is 5.66. The lowest BCUT2D eigenvalue weighted by Gasteiger charge is -2.27. The lowest BCUT2D eigenvalue weighted by molar-refractivity contribution is 1.09. The number of hydrogen-bond donors (Lipinski definition) is 0. The summed E-state index contributed by atoms with van der Waals surface area (Å²) in [4.78, 5) is 6.92. The SMILES string of the molecule is Cc1c(C)c(-c2ccc(N(c3ccc(-c4ccccc4)cc3)c3ccc(-c4ccccc4)cc3)cc2)c(C)c(-n2c3ccccc3c3ccncc32)c1C. The van der Waals surface area contributed by atoms with E-state index in [1.54, 1.807) is 0 Å². The number of hydrogen-bond acceptors (Lipinski definition) is 2. The molecule has 0 N–H and O–H groups in total. The number of anilines is 3. The number of aromatic nitrogens is 2. The minimum Gasteiger partial charge on any atom is -0.311 e. The molecule has 2 heterocycles. The maximum Gasteiger partial charge on any atom is 0.0724 e. The standard InChI is InChI=1S/C51H41N3/c1-34-35(2)50(37(4)51(36(34)3)54-48-18-12-11-17-46(48)47-31-32-52-33-49(47)54)42-23-29-45(30-24-42)53(43-25-19-40(20-26-43)38-13-7-5-8-14-38)44-27-21-41(22-28-44)39-15-9-6-10-16-39/h5-33H,1-4H3. The average Bonchev–Trinajstić information content (AvgIpc) is 3.56. The van der Waals surface area contributed by atoms with E-state index in [0.717, 1.165) is 22.6 Å². The summed E-state index contributed by atoms with van der Waals surface area (Å²) >= 11 is 0. The van der Waals surface area contributed by atoms with Gasteiger partial charge in [-0.15, -0.1) is 0 Å². The van der Waals surface area contributed by atoms with Crippen LogP contribution in [0.4, 0.5) is 17.1 Å². The summed E-state index contributed by atoms with van der Waals surface area (Å²) in [6.07, 6.45) is 3.90. The third-order valence-corrected chi connectivity index (χ3v) is 11.2. The molecule has 0 spiro atoms. The molecule has 0 saturated heterocycles. The van der Waals surface area contributed by atoms with Crippen molar-refractivity contribution in [1.82, 2.24) is 9.55 Å². The lowest BCUT2D eigenvalue weighted by atomic mass is 9.88. The first-order valence-corrected chi connectivity index (χ1v) is 18.6. The number of pyridine rings is 1. The van der Waals surface area contributed by atoms with Gasteiger partial charge in [-0.3, -0.25) is 4.98 Å². The molecule has 260 valence electrons. The number of benzene rings is 7. The average molecular weight is 696 g/mol. The van der Waals surface area contributed by atoms with Crippen LogP contribution >= 0.6 is 0 Å². The van der Waals surface area contributed by atoms with Crippen LogP contribution in [-0.2, 0) is 0 Å². The smallest absolute Gasteiger partial charge is 0.0724 e. The Labute approximate surface area is 317 Å². The highest BCUT2D eigenvalue weighted by molar-refractivity contribution is 6.09. The summed E-state index contributed by atoms with van der Waals surface area (Å²) in [5.41, 5.74) is 19.4. The van der Waals surface area contributed by atoms with Gasteiger partial charge in [-0.05, 0) is 132 Å². The fourth-order valence-corrected chi connectivity index (χ4v) is 8.25. The van der Waals surface area contributed by atoms with E-state index in [9.17, 15) is 0 Å². The second-order valence-corrected chi connectivity index (χ2v) is 14.2. The minimum absolute atomic E-state index is 1.10. The van der Waals surface area contributed by atoms with Crippen molar-refractivity contribution in [2.24, 2.45) is 0 Å². The van der Waals surface area contributed by atoms with E-state index >= 15 is 0 Å². The van der Waals surface area contributed by atoms with Crippen LogP contribution in [-0.4, -0.2) is 9.55 Å². The van der Waals surface area contributed by atoms with Crippen LogP contribution in [0.15, 0.2) is 176 Å². The zero-order valence-corrected chi connectivity index (χ0v) is 31.1. The predicted molar refractivity (Wildman–Crippen MR) is 229 cm³/mol. The maximum atomic E-state index is 4.57. The summed E-state index contributed by atoms with van der Waals surface area (Å²) in [6.45, 7) is 9.07. The molecule has 7 aromatic carbocycles. The number of fused-ring (bicyclic) bond motifs is 3. The lowest BCUT2D eigenvalue weighted by Crippen LogP contribution is -2.10. The Morgan fingerprint density at radius 3 is 1.41 bits per heavy atom. The predicted octanol–water partition coefficient (Wildman–Crippen LogP) is 13.9. The van der Waals surface area contributed by atoms with Gasteiger partial charge >= 0.3 is 0 Å². The molecular weight excluding hydrogens is 655 g/mol. The molecular formula is C51H41N3. The van der Waals surface area contributed by atoms with Gasteiger partial charge in [0.05, 0.1) is 22.9 Å². The molecule has 3 heteroatoms. The molecule has 0 bridgehead atoms. The first kappa shape index (κ1) is 33.1. The van der Waals surface area contributed by atoms with Crippen molar-refractivity contribution < 1.29 is 0 Å². The molecule has 0 aliphatic rings. The zero-order chi connectivity index (χ0) is 36.8. The van der Waals surface area contributed by atoms with Gasteiger partial charge in [0.2, 0.25) is 0 Å². The van der Waals surface area contributed by atoms with E-state index in [1.807, 2.05) is 12.4 Å². The van der Waals surface area contributed by atoms with E-state index < -0.39 is 0 Å². The fraction of sp³-hybridized carbons (Fsp3) is 0.0784. The Morgan fingerprint density at radius 2 is 0.852 bits per heavy atom. The second-order valence-electron chi connectivity index (χ2n) is 14.2. The van der Waals surface area contributed by atoms with Crippen LogP contribution in [0.3, 0.4) is 0 Å². The molecule has 0 fully saturated rings. The molecule has 2 aromatic heterocycles. The molecule has 0 saturated carbocycles. The molecule has 54 heavy (non-hydrogen) atoms. The van der Waals surface area contributed by atoms with Crippen LogP contribution in [0, 0.1) is 27.7 Å². The van der Waals surface area contributed by atoms with Crippen LogP contribution in [0.25, 0.3) is 60.9 Å². The Hall–Kier alpha value is -6.71. The van der Waals surface area contributed by atoms with Crippen molar-refractivity contribution in [2.75, 3.05) is 4.90 Å². The van der Waals surface area contributed by atoms with Crippen LogP contribution in [0.5, 0.6) is 0 Å². The van der Waals surface area contributed by atoms with Crippen molar-refractivity contribution in [3.8, 4) is 39.1 Å². The van der Waals surface area contributed by atoms with Gasteiger partial charge in [-0.25, -0.2) is 0 Å². The fourth-order valence-electron chi connectivity index (χ4n) is 8.25. The van der Waals surface area contributed by atoms with Crippen molar-refractivity contribution in [3.63, 3.8) is 0 Å². The van der Waals surface area contributed by atoms with E-state index in [0.29, 0.717) is 0 Å². The number of para-hydroxylation sites is 1. The molecule has 0 aliphatic carbocycles. The van der Waals surface area contributed by atoms with Crippen molar-refractivity contribution in [3.05, 3.63) is 198 Å². The molecule has 0 unspecified atom stereocenters. The summed E-state index contributed by atoms with van der Waals surface area (Å²) in [5.74, 6) is 0. The Morgan fingerprint density at radius 1 is 0.389 bits per heavy atom. The van der Waals surface area contributed by atoms with Crippen molar-refractivity contribution >= 4 is 38.9 Å². The Bertz CT molecular complexity index is 2620. The molecule has 9 aromatic rings. The molecule has 0 atom stereocenters. The van der Waals surface area contributed by atoms with Gasteiger partial charge in [0.1, 0.15) is 0 Å². The van der Waals surface area contributed by atoms with E-state index in [-0.39, 0.29) is 0 Å². The van der Waals surface area contributed by atoms with Gasteiger partial charge in [-0.2, -0.15) is 0 Å². The summed E-state index contributed by atoms with van der Waals surface area (Å²) in [6, 6.07) is 58.9. The van der Waals surface area contributed by atoms with Gasteiger partial charge < -0.3 is 9.47 Å². The Balaban J connectivity index is 1.16. The largest absolute Gasteiger partial charge is 0.311 e. The van der Waals surface area contributed by atoms with E-state index in [2.05, 4.69) is 206 Å².